The van der Waals surface area contributed by atoms with Gasteiger partial charge in [0, 0.05) is 44.2 Å². The number of aliphatic hydroxyl groups excluding tert-OH is 1. The normalized spacial score (nSPS) is 19.2. The Morgan fingerprint density at radius 1 is 1.33 bits per heavy atom. The van der Waals surface area contributed by atoms with Crippen LogP contribution in [0.5, 0.6) is 0 Å². The van der Waals surface area contributed by atoms with Crippen molar-refractivity contribution in [2.24, 2.45) is 0 Å². The Bertz CT molecular complexity index is 630. The van der Waals surface area contributed by atoms with Gasteiger partial charge in [-0.25, -0.2) is 9.97 Å². The second kappa shape index (κ2) is 7.77. The highest BCUT2D eigenvalue weighted by Gasteiger charge is 2.28. The number of hydrogen-bond acceptors (Lipinski definition) is 6. The summed E-state index contributed by atoms with van der Waals surface area (Å²) in [6.07, 6.45) is 4.28. The van der Waals surface area contributed by atoms with Crippen LogP contribution in [0.25, 0.3) is 0 Å². The van der Waals surface area contributed by atoms with Crippen LogP contribution in [0.1, 0.15) is 37.6 Å². The molecule has 0 amide bonds. The van der Waals surface area contributed by atoms with Crippen molar-refractivity contribution in [2.75, 3.05) is 31.1 Å². The van der Waals surface area contributed by atoms with Gasteiger partial charge in [0.25, 0.3) is 0 Å². The third kappa shape index (κ3) is 3.94. The summed E-state index contributed by atoms with van der Waals surface area (Å²) >= 11 is 0. The summed E-state index contributed by atoms with van der Waals surface area (Å²) in [4.78, 5) is 13.8. The molecule has 1 atom stereocenters. The van der Waals surface area contributed by atoms with E-state index in [1.165, 1.54) is 0 Å². The zero-order valence-electron chi connectivity index (χ0n) is 14.4. The van der Waals surface area contributed by atoms with Crippen molar-refractivity contribution in [3.8, 4) is 0 Å². The molecule has 0 saturated carbocycles. The number of hydrogen-bond donors (Lipinski definition) is 1. The van der Waals surface area contributed by atoms with Gasteiger partial charge in [0.15, 0.2) is 0 Å². The summed E-state index contributed by atoms with van der Waals surface area (Å²) < 4.78 is 5.47. The number of nitrogens with zero attached hydrogens (tertiary/aromatic N) is 4. The van der Waals surface area contributed by atoms with Crippen molar-refractivity contribution in [1.29, 1.82) is 0 Å². The van der Waals surface area contributed by atoms with E-state index in [0.29, 0.717) is 5.92 Å². The molecule has 0 unspecified atom stereocenters. The molecule has 3 rings (SSSR count). The maximum atomic E-state index is 9.44. The van der Waals surface area contributed by atoms with Crippen LogP contribution in [-0.4, -0.2) is 52.3 Å². The molecule has 0 aliphatic carbocycles. The maximum absolute atomic E-state index is 9.44. The Morgan fingerprint density at radius 2 is 2.21 bits per heavy atom. The number of furan rings is 1. The summed E-state index contributed by atoms with van der Waals surface area (Å²) in [5.74, 6) is 2.14. The molecule has 6 nitrogen and oxygen atoms in total. The summed E-state index contributed by atoms with van der Waals surface area (Å²) in [5, 5.41) is 9.44. The zero-order valence-corrected chi connectivity index (χ0v) is 14.4. The summed E-state index contributed by atoms with van der Waals surface area (Å²) in [6, 6.07) is 6.15. The van der Waals surface area contributed by atoms with Crippen molar-refractivity contribution < 1.29 is 9.52 Å². The van der Waals surface area contributed by atoms with E-state index in [9.17, 15) is 5.11 Å². The minimum absolute atomic E-state index is 0.181. The molecule has 2 aromatic heterocycles. The molecule has 0 radical (unpaired) electrons. The summed E-state index contributed by atoms with van der Waals surface area (Å²) in [5.41, 5.74) is 1.07. The molecule has 130 valence electrons. The first-order chi connectivity index (χ1) is 11.7. The van der Waals surface area contributed by atoms with Gasteiger partial charge in [0.2, 0.25) is 5.95 Å². The lowest BCUT2D eigenvalue weighted by atomic mass is 10.1. The van der Waals surface area contributed by atoms with Crippen molar-refractivity contribution in [2.45, 2.75) is 38.8 Å². The molecule has 1 saturated heterocycles. The smallest absolute Gasteiger partial charge is 0.225 e. The topological polar surface area (TPSA) is 65.6 Å². The van der Waals surface area contributed by atoms with E-state index in [0.717, 1.165) is 50.0 Å². The van der Waals surface area contributed by atoms with Gasteiger partial charge in [-0.15, -0.1) is 0 Å². The molecule has 0 spiro atoms. The predicted octanol–water partition coefficient (Wildman–Crippen LogP) is 2.27. The molecule has 1 aliphatic heterocycles. The molecular formula is C18H26N4O2. The van der Waals surface area contributed by atoms with Crippen LogP contribution < -0.4 is 4.90 Å². The molecule has 1 fully saturated rings. The predicted molar refractivity (Wildman–Crippen MR) is 92.9 cm³/mol. The van der Waals surface area contributed by atoms with Crippen LogP contribution in [0.4, 0.5) is 5.95 Å². The van der Waals surface area contributed by atoms with Gasteiger partial charge in [0.1, 0.15) is 5.76 Å². The number of aromatic nitrogens is 2. The minimum Gasteiger partial charge on any atom is -0.468 e. The monoisotopic (exact) mass is 330 g/mol. The van der Waals surface area contributed by atoms with Crippen molar-refractivity contribution >= 4 is 5.95 Å². The van der Waals surface area contributed by atoms with E-state index < -0.39 is 0 Å². The summed E-state index contributed by atoms with van der Waals surface area (Å²) in [7, 11) is 0. The molecule has 1 aliphatic rings. The standard InChI is InChI=1S/C18H26N4O2/c1-14(2)17-5-7-19-18(20-17)22-9-8-21(15(12-22)6-10-23)13-16-4-3-11-24-16/h3-5,7,11,14-15,23H,6,8-10,12-13H2,1-2H3/t15-/m1/s1. The molecular weight excluding hydrogens is 304 g/mol. The quantitative estimate of drug-likeness (QED) is 0.876. The SMILES string of the molecule is CC(C)c1ccnc(N2CCN(Cc3ccco3)[C@H](CCO)C2)n1. The fraction of sp³-hybridized carbons (Fsp3) is 0.556. The number of anilines is 1. The largest absolute Gasteiger partial charge is 0.468 e. The highest BCUT2D eigenvalue weighted by Crippen LogP contribution is 2.21. The lowest BCUT2D eigenvalue weighted by molar-refractivity contribution is 0.126. The van der Waals surface area contributed by atoms with Crippen LogP contribution in [0.3, 0.4) is 0 Å². The third-order valence-corrected chi connectivity index (χ3v) is 4.54. The van der Waals surface area contributed by atoms with Crippen LogP contribution in [0, 0.1) is 0 Å². The highest BCUT2D eigenvalue weighted by molar-refractivity contribution is 5.32. The van der Waals surface area contributed by atoms with E-state index >= 15 is 0 Å². The Hall–Kier alpha value is -1.92. The molecule has 3 heterocycles. The van der Waals surface area contributed by atoms with Gasteiger partial charge in [-0.1, -0.05) is 13.8 Å². The van der Waals surface area contributed by atoms with Crippen LogP contribution >= 0.6 is 0 Å². The Morgan fingerprint density at radius 3 is 2.92 bits per heavy atom. The second-order valence-corrected chi connectivity index (χ2v) is 6.60. The fourth-order valence-corrected chi connectivity index (χ4v) is 3.14. The average Bonchev–Trinajstić information content (AvgIpc) is 3.10. The second-order valence-electron chi connectivity index (χ2n) is 6.60. The first-order valence-corrected chi connectivity index (χ1v) is 8.62. The van der Waals surface area contributed by atoms with Crippen LogP contribution in [-0.2, 0) is 6.54 Å². The molecule has 0 aromatic carbocycles. The van der Waals surface area contributed by atoms with Crippen molar-refractivity contribution in [1.82, 2.24) is 14.9 Å². The van der Waals surface area contributed by atoms with E-state index in [4.69, 9.17) is 9.40 Å². The highest BCUT2D eigenvalue weighted by atomic mass is 16.3. The Balaban J connectivity index is 1.71. The van der Waals surface area contributed by atoms with Gasteiger partial charge in [-0.2, -0.15) is 0 Å². The summed E-state index contributed by atoms with van der Waals surface area (Å²) in [6.45, 7) is 7.84. The lowest BCUT2D eigenvalue weighted by Crippen LogP contribution is -2.53. The van der Waals surface area contributed by atoms with E-state index in [2.05, 4.69) is 28.6 Å². The van der Waals surface area contributed by atoms with Gasteiger partial charge in [-0.05, 0) is 30.5 Å². The molecule has 24 heavy (non-hydrogen) atoms. The Kier molecular flexibility index (Phi) is 5.48. The average molecular weight is 330 g/mol. The van der Waals surface area contributed by atoms with Gasteiger partial charge in [-0.3, -0.25) is 4.90 Å². The zero-order chi connectivity index (χ0) is 16.9. The lowest BCUT2D eigenvalue weighted by Gasteiger charge is -2.41. The van der Waals surface area contributed by atoms with Gasteiger partial charge < -0.3 is 14.4 Å². The Labute approximate surface area is 143 Å². The van der Waals surface area contributed by atoms with Crippen LogP contribution in [0.15, 0.2) is 35.1 Å². The van der Waals surface area contributed by atoms with Crippen LogP contribution in [0.2, 0.25) is 0 Å². The van der Waals surface area contributed by atoms with Crippen molar-refractivity contribution in [3.63, 3.8) is 0 Å². The molecule has 6 heteroatoms. The number of aliphatic hydroxyl groups is 1. The maximum Gasteiger partial charge on any atom is 0.225 e. The van der Waals surface area contributed by atoms with Gasteiger partial charge in [0.05, 0.1) is 12.8 Å². The number of piperazine rings is 1. The number of rotatable bonds is 6. The van der Waals surface area contributed by atoms with Gasteiger partial charge >= 0.3 is 0 Å². The third-order valence-electron chi connectivity index (χ3n) is 4.54. The van der Waals surface area contributed by atoms with E-state index in [1.807, 2.05) is 24.4 Å². The first kappa shape index (κ1) is 16.9. The van der Waals surface area contributed by atoms with Crippen molar-refractivity contribution in [3.05, 3.63) is 42.1 Å². The van der Waals surface area contributed by atoms with E-state index in [-0.39, 0.29) is 12.6 Å². The molecule has 2 aromatic rings. The van der Waals surface area contributed by atoms with E-state index in [1.54, 1.807) is 6.26 Å². The first-order valence-electron chi connectivity index (χ1n) is 8.62. The minimum atomic E-state index is 0.181. The fourth-order valence-electron chi connectivity index (χ4n) is 3.14. The molecule has 1 N–H and O–H groups in total. The molecule has 0 bridgehead atoms.